The molecular formula is C27H40N2O2S. The molecule has 32 heavy (non-hydrogen) atoms. The number of aromatic nitrogens is 1. The fourth-order valence-electron chi connectivity index (χ4n) is 5.60. The summed E-state index contributed by atoms with van der Waals surface area (Å²) < 4.78 is 0. The number of benzene rings is 1. The van der Waals surface area contributed by atoms with Gasteiger partial charge in [0.2, 0.25) is 0 Å². The minimum absolute atomic E-state index is 0.165. The first-order valence-electron chi connectivity index (χ1n) is 12.5. The van der Waals surface area contributed by atoms with Gasteiger partial charge in [-0.2, -0.15) is 0 Å². The third-order valence-corrected chi connectivity index (χ3v) is 8.55. The largest absolute Gasteiger partial charge is 0.394 e. The number of hydrogen-bond acceptors (Lipinski definition) is 5. The third-order valence-electron chi connectivity index (χ3n) is 7.64. The summed E-state index contributed by atoms with van der Waals surface area (Å²) in [4.78, 5) is 5.00. The molecule has 4 rings (SSSR count). The third kappa shape index (κ3) is 5.99. The smallest absolute Gasteiger partial charge is 0.0932 e. The Hall–Kier alpha value is -1.27. The number of aryl methyl sites for hydroxylation is 2. The summed E-state index contributed by atoms with van der Waals surface area (Å²) in [5, 5.41) is 25.5. The topological polar surface area (TPSA) is 65.4 Å². The Kier molecular flexibility index (Phi) is 8.04. The number of thiazole rings is 1. The van der Waals surface area contributed by atoms with E-state index in [4.69, 9.17) is 10.1 Å². The van der Waals surface area contributed by atoms with E-state index in [1.165, 1.54) is 73.1 Å². The highest BCUT2D eigenvalue weighted by atomic mass is 32.1. The van der Waals surface area contributed by atoms with E-state index in [0.717, 1.165) is 24.5 Å². The number of aliphatic hydroxyl groups is 2. The fraction of sp³-hybridized carbons (Fsp3) is 0.667. The van der Waals surface area contributed by atoms with Crippen LogP contribution in [0.4, 0.5) is 0 Å². The Labute approximate surface area is 197 Å². The quantitative estimate of drug-likeness (QED) is 0.475. The Balaban J connectivity index is 1.30. The number of aliphatic hydroxyl groups excluding tert-OH is 2. The molecule has 3 N–H and O–H groups in total. The second kappa shape index (κ2) is 10.8. The lowest BCUT2D eigenvalue weighted by atomic mass is 9.72. The van der Waals surface area contributed by atoms with Crippen LogP contribution in [0.15, 0.2) is 23.6 Å². The van der Waals surface area contributed by atoms with Crippen molar-refractivity contribution in [3.63, 3.8) is 0 Å². The van der Waals surface area contributed by atoms with Crippen molar-refractivity contribution in [1.29, 1.82) is 0 Å². The average molecular weight is 457 g/mol. The van der Waals surface area contributed by atoms with Crippen LogP contribution >= 0.6 is 11.3 Å². The number of rotatable bonds is 8. The van der Waals surface area contributed by atoms with Gasteiger partial charge in [-0.3, -0.25) is 0 Å². The van der Waals surface area contributed by atoms with Gasteiger partial charge in [0.05, 0.1) is 23.4 Å². The van der Waals surface area contributed by atoms with E-state index in [1.807, 2.05) is 11.3 Å². The van der Waals surface area contributed by atoms with Crippen molar-refractivity contribution in [2.75, 3.05) is 13.2 Å². The molecule has 0 bridgehead atoms. The summed E-state index contributed by atoms with van der Waals surface area (Å²) >= 11 is 1.81. The molecule has 2 aliphatic carbocycles. The van der Waals surface area contributed by atoms with Crippen molar-refractivity contribution in [2.45, 2.75) is 95.6 Å². The van der Waals surface area contributed by atoms with Crippen molar-refractivity contribution in [3.05, 3.63) is 39.7 Å². The number of nitrogens with one attached hydrogen (secondary N) is 1. The maximum atomic E-state index is 9.57. The fourth-order valence-corrected chi connectivity index (χ4v) is 6.42. The summed E-state index contributed by atoms with van der Waals surface area (Å²) in [6, 6.07) is 7.48. The molecule has 0 radical (unpaired) electrons. The van der Waals surface area contributed by atoms with Crippen LogP contribution in [0.5, 0.6) is 0 Å². The molecule has 2 aromatic rings. The lowest BCUT2D eigenvalue weighted by molar-refractivity contribution is 0.0912. The van der Waals surface area contributed by atoms with Gasteiger partial charge in [-0.25, -0.2) is 4.98 Å². The van der Waals surface area contributed by atoms with Gasteiger partial charge in [0.15, 0.2) is 0 Å². The van der Waals surface area contributed by atoms with E-state index in [2.05, 4.69) is 42.7 Å². The number of fused-ring (bicyclic) bond motifs is 1. The van der Waals surface area contributed by atoms with Crippen molar-refractivity contribution in [1.82, 2.24) is 10.3 Å². The van der Waals surface area contributed by atoms with E-state index in [0.29, 0.717) is 18.0 Å². The maximum Gasteiger partial charge on any atom is 0.0932 e. The van der Waals surface area contributed by atoms with Gasteiger partial charge >= 0.3 is 0 Å². The van der Waals surface area contributed by atoms with Crippen molar-refractivity contribution < 1.29 is 10.2 Å². The summed E-state index contributed by atoms with van der Waals surface area (Å²) in [6.07, 6.45) is 11.5. The highest BCUT2D eigenvalue weighted by Crippen LogP contribution is 2.38. The molecule has 176 valence electrons. The van der Waals surface area contributed by atoms with Crippen LogP contribution in [-0.2, 0) is 18.3 Å². The minimum Gasteiger partial charge on any atom is -0.394 e. The second-order valence-electron chi connectivity index (χ2n) is 10.6. The van der Waals surface area contributed by atoms with Gasteiger partial charge in [0.1, 0.15) is 0 Å². The molecule has 4 nitrogen and oxygen atoms in total. The lowest BCUT2D eigenvalue weighted by Gasteiger charge is -2.32. The predicted molar refractivity (Wildman–Crippen MR) is 133 cm³/mol. The molecule has 1 heterocycles. The van der Waals surface area contributed by atoms with Crippen LogP contribution < -0.4 is 5.32 Å². The van der Waals surface area contributed by atoms with E-state index in [1.54, 1.807) is 0 Å². The average Bonchev–Trinajstić information content (AvgIpc) is 3.14. The van der Waals surface area contributed by atoms with Gasteiger partial charge in [-0.1, -0.05) is 38.8 Å². The number of nitrogens with zero attached hydrogens (tertiary/aromatic N) is 1. The SMILES string of the molecule is CC1(C)CCCc2cc(-c3csc(CCC4CCCC(NCC(O)CO)CC4)n3)ccc21. The highest BCUT2D eigenvalue weighted by molar-refractivity contribution is 7.09. The molecule has 0 saturated heterocycles. The Morgan fingerprint density at radius 1 is 1.19 bits per heavy atom. The molecule has 5 heteroatoms. The van der Waals surface area contributed by atoms with Gasteiger partial charge in [0, 0.05) is 23.5 Å². The van der Waals surface area contributed by atoms with Crippen LogP contribution in [0, 0.1) is 5.92 Å². The Morgan fingerprint density at radius 3 is 2.91 bits per heavy atom. The Bertz CT molecular complexity index is 878. The van der Waals surface area contributed by atoms with Gasteiger partial charge in [0.25, 0.3) is 0 Å². The zero-order chi connectivity index (χ0) is 22.6. The molecule has 1 aromatic carbocycles. The van der Waals surface area contributed by atoms with Crippen molar-refractivity contribution in [3.8, 4) is 11.3 Å². The van der Waals surface area contributed by atoms with E-state index < -0.39 is 6.10 Å². The molecule has 1 fully saturated rings. The predicted octanol–water partition coefficient (Wildman–Crippen LogP) is 5.25. The normalized spacial score (nSPS) is 24.0. The van der Waals surface area contributed by atoms with Crippen LogP contribution in [0.3, 0.4) is 0 Å². The van der Waals surface area contributed by atoms with Crippen molar-refractivity contribution >= 4 is 11.3 Å². The van der Waals surface area contributed by atoms with E-state index in [9.17, 15) is 5.11 Å². The molecule has 1 aromatic heterocycles. The Morgan fingerprint density at radius 2 is 2.06 bits per heavy atom. The van der Waals surface area contributed by atoms with Crippen LogP contribution in [0.2, 0.25) is 0 Å². The summed E-state index contributed by atoms with van der Waals surface area (Å²) in [5.41, 5.74) is 5.75. The summed E-state index contributed by atoms with van der Waals surface area (Å²) in [7, 11) is 0. The maximum absolute atomic E-state index is 9.57. The lowest BCUT2D eigenvalue weighted by Crippen LogP contribution is -2.36. The zero-order valence-electron chi connectivity index (χ0n) is 19.8. The molecule has 3 unspecified atom stereocenters. The molecule has 0 aliphatic heterocycles. The molecule has 0 amide bonds. The minimum atomic E-state index is -0.644. The molecule has 0 spiro atoms. The zero-order valence-corrected chi connectivity index (χ0v) is 20.6. The van der Waals surface area contributed by atoms with Crippen molar-refractivity contribution in [2.24, 2.45) is 5.92 Å². The first-order valence-corrected chi connectivity index (χ1v) is 13.4. The van der Waals surface area contributed by atoms with Crippen LogP contribution in [-0.4, -0.2) is 40.5 Å². The first kappa shape index (κ1) is 23.9. The van der Waals surface area contributed by atoms with Gasteiger partial charge in [-0.15, -0.1) is 11.3 Å². The van der Waals surface area contributed by atoms with Crippen LogP contribution in [0.1, 0.15) is 81.3 Å². The molecular weight excluding hydrogens is 416 g/mol. The van der Waals surface area contributed by atoms with E-state index >= 15 is 0 Å². The molecule has 1 saturated carbocycles. The highest BCUT2D eigenvalue weighted by Gasteiger charge is 2.27. The standard InChI is InChI=1S/C27H40N2O2S/c1-27(2)14-4-6-20-15-21(10-12-24(20)27)25-18-32-26(29-25)13-9-19-5-3-7-22(11-8-19)28-16-23(31)17-30/h10,12,15,18-19,22-23,28,30-31H,3-9,11,13-14,16-17H2,1-2H3. The summed E-state index contributed by atoms with van der Waals surface area (Å²) in [6.45, 7) is 5.07. The van der Waals surface area contributed by atoms with Crippen LogP contribution in [0.25, 0.3) is 11.3 Å². The number of hydrogen-bond donors (Lipinski definition) is 3. The van der Waals surface area contributed by atoms with Gasteiger partial charge < -0.3 is 15.5 Å². The van der Waals surface area contributed by atoms with Gasteiger partial charge in [-0.05, 0) is 79.9 Å². The second-order valence-corrected chi connectivity index (χ2v) is 11.5. The molecule has 3 atom stereocenters. The first-order chi connectivity index (χ1) is 15.4. The monoisotopic (exact) mass is 456 g/mol. The molecule has 2 aliphatic rings. The van der Waals surface area contributed by atoms with E-state index in [-0.39, 0.29) is 6.61 Å². The summed E-state index contributed by atoms with van der Waals surface area (Å²) in [5.74, 6) is 0.767.